The molecule has 0 aliphatic carbocycles. The van der Waals surface area contributed by atoms with Gasteiger partial charge in [-0.05, 0) is 30.7 Å². The average Bonchev–Trinajstić information content (AvgIpc) is 2.56. The maximum absolute atomic E-state index is 13.9. The van der Waals surface area contributed by atoms with E-state index in [2.05, 4.69) is 0 Å². The fourth-order valence-electron chi connectivity index (χ4n) is 2.42. The third kappa shape index (κ3) is 1.77. The van der Waals surface area contributed by atoms with Crippen molar-refractivity contribution in [1.82, 2.24) is 0 Å². The zero-order valence-electron chi connectivity index (χ0n) is 9.90. The topological polar surface area (TPSA) is 35.2 Å². The summed E-state index contributed by atoms with van der Waals surface area (Å²) in [5.41, 5.74) is 7.74. The first-order valence-corrected chi connectivity index (χ1v) is 6.04. The Morgan fingerprint density at radius 2 is 2.00 bits per heavy atom. The van der Waals surface area contributed by atoms with Crippen LogP contribution in [0, 0.1) is 5.82 Å². The van der Waals surface area contributed by atoms with Gasteiger partial charge in [-0.15, -0.1) is 0 Å². The number of nitrogens with two attached hydrogens (primary N) is 1. The molecule has 0 spiro atoms. The van der Waals surface area contributed by atoms with Gasteiger partial charge >= 0.3 is 0 Å². The second kappa shape index (κ2) is 4.42. The predicted molar refractivity (Wildman–Crippen MR) is 68.4 cm³/mol. The molecule has 0 unspecified atom stereocenters. The molecule has 3 heteroatoms. The highest BCUT2D eigenvalue weighted by atomic mass is 19.1. The summed E-state index contributed by atoms with van der Waals surface area (Å²) in [4.78, 5) is 0. The van der Waals surface area contributed by atoms with E-state index >= 15 is 0 Å². The molecule has 3 rings (SSSR count). The first kappa shape index (κ1) is 11.2. The molecule has 1 heterocycles. The van der Waals surface area contributed by atoms with E-state index in [1.807, 2.05) is 30.3 Å². The van der Waals surface area contributed by atoms with Crippen LogP contribution in [0.25, 0.3) is 0 Å². The highest BCUT2D eigenvalue weighted by Gasteiger charge is 2.24. The lowest BCUT2D eigenvalue weighted by molar-refractivity contribution is 0.438. The lowest BCUT2D eigenvalue weighted by Gasteiger charge is -2.14. The number of benzene rings is 2. The third-order valence-corrected chi connectivity index (χ3v) is 3.37. The zero-order valence-corrected chi connectivity index (χ0v) is 9.90. The standard InChI is InChI=1S/C15H14FNO/c16-13-6-3-5-12-11(9-17)8-10-4-1-2-7-14(10)18-15(12)13/h1-7,11H,8-9,17H2/t11-/m0/s1. The highest BCUT2D eigenvalue weighted by Crippen LogP contribution is 2.40. The molecular weight excluding hydrogens is 229 g/mol. The summed E-state index contributed by atoms with van der Waals surface area (Å²) in [5.74, 6) is 0.805. The van der Waals surface area contributed by atoms with Crippen LogP contribution < -0.4 is 10.5 Å². The van der Waals surface area contributed by atoms with Crippen molar-refractivity contribution in [3.05, 3.63) is 59.4 Å². The third-order valence-electron chi connectivity index (χ3n) is 3.37. The number of halogens is 1. The largest absolute Gasteiger partial charge is 0.454 e. The maximum Gasteiger partial charge on any atom is 0.166 e. The molecule has 92 valence electrons. The lowest BCUT2D eigenvalue weighted by atomic mass is 9.92. The van der Waals surface area contributed by atoms with Crippen LogP contribution in [0.4, 0.5) is 4.39 Å². The Labute approximate surface area is 105 Å². The van der Waals surface area contributed by atoms with Gasteiger partial charge in [-0.2, -0.15) is 0 Å². The van der Waals surface area contributed by atoms with E-state index in [0.717, 1.165) is 23.3 Å². The number of hydrogen-bond donors (Lipinski definition) is 1. The van der Waals surface area contributed by atoms with Crippen molar-refractivity contribution >= 4 is 0 Å². The van der Waals surface area contributed by atoms with E-state index < -0.39 is 0 Å². The first-order valence-electron chi connectivity index (χ1n) is 6.04. The lowest BCUT2D eigenvalue weighted by Crippen LogP contribution is -2.14. The van der Waals surface area contributed by atoms with Crippen molar-refractivity contribution in [3.63, 3.8) is 0 Å². The summed E-state index contributed by atoms with van der Waals surface area (Å²) < 4.78 is 19.6. The van der Waals surface area contributed by atoms with E-state index in [0.29, 0.717) is 12.3 Å². The predicted octanol–water partition coefficient (Wildman–Crippen LogP) is 3.22. The summed E-state index contributed by atoms with van der Waals surface area (Å²) >= 11 is 0. The second-order valence-electron chi connectivity index (χ2n) is 4.50. The van der Waals surface area contributed by atoms with E-state index in [9.17, 15) is 4.39 Å². The van der Waals surface area contributed by atoms with Gasteiger partial charge in [0.2, 0.25) is 0 Å². The smallest absolute Gasteiger partial charge is 0.166 e. The van der Waals surface area contributed by atoms with Crippen LogP contribution >= 0.6 is 0 Å². The van der Waals surface area contributed by atoms with Crippen molar-refractivity contribution in [2.24, 2.45) is 5.73 Å². The zero-order chi connectivity index (χ0) is 12.5. The summed E-state index contributed by atoms with van der Waals surface area (Å²) in [7, 11) is 0. The Morgan fingerprint density at radius 3 is 2.83 bits per heavy atom. The molecule has 0 saturated carbocycles. The number of rotatable bonds is 1. The fourth-order valence-corrected chi connectivity index (χ4v) is 2.42. The van der Waals surface area contributed by atoms with Crippen LogP contribution in [-0.2, 0) is 6.42 Å². The summed E-state index contributed by atoms with van der Waals surface area (Å²) in [5, 5.41) is 0. The Balaban J connectivity index is 2.18. The molecule has 0 radical (unpaired) electrons. The van der Waals surface area contributed by atoms with Gasteiger partial charge in [0.15, 0.2) is 11.6 Å². The van der Waals surface area contributed by atoms with Gasteiger partial charge in [0.05, 0.1) is 0 Å². The van der Waals surface area contributed by atoms with E-state index in [1.165, 1.54) is 6.07 Å². The Morgan fingerprint density at radius 1 is 1.17 bits per heavy atom. The summed E-state index contributed by atoms with van der Waals surface area (Å²) in [6, 6.07) is 12.7. The molecule has 2 nitrogen and oxygen atoms in total. The van der Waals surface area contributed by atoms with E-state index in [-0.39, 0.29) is 11.7 Å². The molecule has 2 N–H and O–H groups in total. The number of fused-ring (bicyclic) bond motifs is 2. The fraction of sp³-hybridized carbons (Fsp3) is 0.200. The van der Waals surface area contributed by atoms with Gasteiger partial charge in [-0.3, -0.25) is 0 Å². The Hall–Kier alpha value is -1.87. The van der Waals surface area contributed by atoms with Gasteiger partial charge < -0.3 is 10.5 Å². The van der Waals surface area contributed by atoms with Crippen LogP contribution in [0.3, 0.4) is 0 Å². The maximum atomic E-state index is 13.9. The van der Waals surface area contributed by atoms with E-state index in [1.54, 1.807) is 6.07 Å². The minimum Gasteiger partial charge on any atom is -0.454 e. The van der Waals surface area contributed by atoms with Gasteiger partial charge in [0.1, 0.15) is 5.75 Å². The van der Waals surface area contributed by atoms with Crippen LogP contribution in [0.15, 0.2) is 42.5 Å². The molecular formula is C15H14FNO. The summed E-state index contributed by atoms with van der Waals surface area (Å²) in [6.07, 6.45) is 0.781. The molecule has 1 atom stereocenters. The average molecular weight is 243 g/mol. The normalized spacial score (nSPS) is 17.3. The highest BCUT2D eigenvalue weighted by molar-refractivity contribution is 5.47. The Kier molecular flexibility index (Phi) is 2.76. The SMILES string of the molecule is NC[C@@H]1Cc2ccccc2Oc2c(F)cccc21. The molecule has 0 amide bonds. The molecule has 2 aromatic rings. The molecule has 2 aromatic carbocycles. The monoisotopic (exact) mass is 243 g/mol. The van der Waals surface area contributed by atoms with Crippen LogP contribution in [0.1, 0.15) is 17.0 Å². The summed E-state index contributed by atoms with van der Waals surface area (Å²) in [6.45, 7) is 0.480. The van der Waals surface area contributed by atoms with E-state index in [4.69, 9.17) is 10.5 Å². The molecule has 0 aromatic heterocycles. The molecule has 1 aliphatic heterocycles. The minimum absolute atomic E-state index is 0.0966. The molecule has 0 fully saturated rings. The first-order chi connectivity index (χ1) is 8.79. The van der Waals surface area contributed by atoms with Gasteiger partial charge in [0.25, 0.3) is 0 Å². The van der Waals surface area contributed by atoms with Gasteiger partial charge in [-0.25, -0.2) is 4.39 Å². The van der Waals surface area contributed by atoms with Crippen molar-refractivity contribution in [1.29, 1.82) is 0 Å². The second-order valence-corrected chi connectivity index (χ2v) is 4.50. The number of ether oxygens (including phenoxy) is 1. The van der Waals surface area contributed by atoms with Crippen LogP contribution in [-0.4, -0.2) is 6.54 Å². The van der Waals surface area contributed by atoms with Crippen LogP contribution in [0.5, 0.6) is 11.5 Å². The van der Waals surface area contributed by atoms with Gasteiger partial charge in [0, 0.05) is 11.5 Å². The molecule has 0 bridgehead atoms. The Bertz CT molecular complexity index is 582. The molecule has 1 aliphatic rings. The quantitative estimate of drug-likeness (QED) is 0.834. The van der Waals surface area contributed by atoms with Gasteiger partial charge in [-0.1, -0.05) is 30.3 Å². The molecule has 0 saturated heterocycles. The number of hydrogen-bond acceptors (Lipinski definition) is 2. The van der Waals surface area contributed by atoms with Crippen LogP contribution in [0.2, 0.25) is 0 Å². The number of para-hydroxylation sites is 2. The van der Waals surface area contributed by atoms with Crippen molar-refractivity contribution in [2.45, 2.75) is 12.3 Å². The van der Waals surface area contributed by atoms with Crippen molar-refractivity contribution in [3.8, 4) is 11.5 Å². The minimum atomic E-state index is -0.331. The molecule has 18 heavy (non-hydrogen) atoms. The van der Waals surface area contributed by atoms with Crippen molar-refractivity contribution in [2.75, 3.05) is 6.54 Å². The van der Waals surface area contributed by atoms with Crippen molar-refractivity contribution < 1.29 is 9.13 Å².